The smallest absolute Gasteiger partial charge is 0.143 e. The molecule has 4 heteroatoms. The third-order valence-corrected chi connectivity index (χ3v) is 2.66. The Kier molecular flexibility index (Phi) is 1.48. The van der Waals surface area contributed by atoms with Crippen LogP contribution in [0.3, 0.4) is 0 Å². The number of fused-ring (bicyclic) bond motifs is 3. The number of nitrogen functional groups attached to an aromatic ring is 1. The maximum atomic E-state index is 5.67. The third-order valence-electron chi connectivity index (χ3n) is 2.66. The molecule has 74 valence electrons. The summed E-state index contributed by atoms with van der Waals surface area (Å²) >= 11 is 0. The number of pyridine rings is 2. The van der Waals surface area contributed by atoms with Crippen molar-refractivity contribution >= 4 is 27.8 Å². The molecule has 4 nitrogen and oxygen atoms in total. The lowest BCUT2D eigenvalue weighted by molar-refractivity contribution is 0.990. The van der Waals surface area contributed by atoms with Gasteiger partial charge < -0.3 is 10.3 Å². The standard InChI is InChI=1S/C11H10N4/c1-15-9-4-5-13-6-8(9)7-2-3-10(12)14-11(7)15/h2-6H,1H3,(H2,12,14). The molecule has 0 aromatic carbocycles. The van der Waals surface area contributed by atoms with E-state index in [2.05, 4.69) is 9.97 Å². The van der Waals surface area contributed by atoms with Crippen LogP contribution in [0, 0.1) is 0 Å². The summed E-state index contributed by atoms with van der Waals surface area (Å²) in [5, 5.41) is 2.21. The molecule has 0 aliphatic heterocycles. The minimum absolute atomic E-state index is 0.543. The molecule has 0 bridgehead atoms. The van der Waals surface area contributed by atoms with Crippen molar-refractivity contribution in [3.05, 3.63) is 30.6 Å². The SMILES string of the molecule is Cn1c2ccncc2c2ccc(N)nc21. The summed E-state index contributed by atoms with van der Waals surface area (Å²) in [6, 6.07) is 5.78. The van der Waals surface area contributed by atoms with Crippen molar-refractivity contribution in [3.8, 4) is 0 Å². The van der Waals surface area contributed by atoms with Crippen LogP contribution in [0.5, 0.6) is 0 Å². The van der Waals surface area contributed by atoms with Crippen LogP contribution in [0.25, 0.3) is 21.9 Å². The maximum Gasteiger partial charge on any atom is 0.143 e. The van der Waals surface area contributed by atoms with Crippen LogP contribution < -0.4 is 5.73 Å². The van der Waals surface area contributed by atoms with Gasteiger partial charge in [0.25, 0.3) is 0 Å². The molecule has 0 atom stereocenters. The first-order valence-electron chi connectivity index (χ1n) is 4.72. The molecule has 0 aliphatic carbocycles. The van der Waals surface area contributed by atoms with E-state index in [4.69, 9.17) is 5.73 Å². The lowest BCUT2D eigenvalue weighted by Gasteiger charge is -1.96. The van der Waals surface area contributed by atoms with Gasteiger partial charge in [0, 0.05) is 30.2 Å². The Hall–Kier alpha value is -2.10. The average molecular weight is 198 g/mol. The third kappa shape index (κ3) is 1.01. The lowest BCUT2D eigenvalue weighted by atomic mass is 10.2. The average Bonchev–Trinajstić information content (AvgIpc) is 2.54. The van der Waals surface area contributed by atoms with E-state index >= 15 is 0 Å². The van der Waals surface area contributed by atoms with Crippen LogP contribution in [0.4, 0.5) is 5.82 Å². The summed E-state index contributed by atoms with van der Waals surface area (Å²) in [6.45, 7) is 0. The van der Waals surface area contributed by atoms with E-state index < -0.39 is 0 Å². The van der Waals surface area contributed by atoms with Gasteiger partial charge >= 0.3 is 0 Å². The van der Waals surface area contributed by atoms with Gasteiger partial charge in [0.05, 0.1) is 5.52 Å². The van der Waals surface area contributed by atoms with Crippen molar-refractivity contribution in [3.63, 3.8) is 0 Å². The summed E-state index contributed by atoms with van der Waals surface area (Å²) in [6.07, 6.45) is 3.64. The molecule has 0 unspecified atom stereocenters. The maximum absolute atomic E-state index is 5.67. The first-order chi connectivity index (χ1) is 7.27. The Morgan fingerprint density at radius 3 is 2.93 bits per heavy atom. The number of nitrogens with two attached hydrogens (primary N) is 1. The van der Waals surface area contributed by atoms with Crippen molar-refractivity contribution in [2.75, 3.05) is 5.73 Å². The van der Waals surface area contributed by atoms with Crippen LogP contribution in [0.15, 0.2) is 30.6 Å². The number of rotatable bonds is 0. The van der Waals surface area contributed by atoms with Crippen LogP contribution in [-0.2, 0) is 7.05 Å². The summed E-state index contributed by atoms with van der Waals surface area (Å²) < 4.78 is 2.03. The molecule has 3 heterocycles. The van der Waals surface area contributed by atoms with Crippen molar-refractivity contribution < 1.29 is 0 Å². The van der Waals surface area contributed by atoms with Crippen LogP contribution in [-0.4, -0.2) is 14.5 Å². The van der Waals surface area contributed by atoms with E-state index in [0.29, 0.717) is 5.82 Å². The summed E-state index contributed by atoms with van der Waals surface area (Å²) in [5.74, 6) is 0.543. The van der Waals surface area contributed by atoms with Crippen molar-refractivity contribution in [2.24, 2.45) is 7.05 Å². The predicted octanol–water partition coefficient (Wildman–Crippen LogP) is 1.70. The molecular weight excluding hydrogens is 188 g/mol. The van der Waals surface area contributed by atoms with E-state index in [1.165, 1.54) is 0 Å². The van der Waals surface area contributed by atoms with Gasteiger partial charge in [-0.3, -0.25) is 4.98 Å². The normalized spacial score (nSPS) is 11.3. The zero-order valence-electron chi connectivity index (χ0n) is 8.31. The molecule has 0 amide bonds. The summed E-state index contributed by atoms with van der Waals surface area (Å²) in [4.78, 5) is 8.45. The quantitative estimate of drug-likeness (QED) is 0.598. The second kappa shape index (κ2) is 2.70. The van der Waals surface area contributed by atoms with Crippen molar-refractivity contribution in [1.82, 2.24) is 14.5 Å². The Labute approximate surface area is 86.4 Å². The van der Waals surface area contributed by atoms with Gasteiger partial charge in [0.2, 0.25) is 0 Å². The molecule has 3 aromatic rings. The first kappa shape index (κ1) is 8.23. The zero-order valence-corrected chi connectivity index (χ0v) is 8.31. The van der Waals surface area contributed by atoms with E-state index in [-0.39, 0.29) is 0 Å². The number of aromatic nitrogens is 3. The number of aryl methyl sites for hydroxylation is 1. The molecule has 15 heavy (non-hydrogen) atoms. The number of hydrogen-bond acceptors (Lipinski definition) is 3. The predicted molar refractivity (Wildman–Crippen MR) is 60.4 cm³/mol. The van der Waals surface area contributed by atoms with Gasteiger partial charge in [-0.25, -0.2) is 4.98 Å². The van der Waals surface area contributed by atoms with Gasteiger partial charge in [0.1, 0.15) is 11.5 Å². The van der Waals surface area contributed by atoms with E-state index in [0.717, 1.165) is 21.9 Å². The summed E-state index contributed by atoms with van der Waals surface area (Å²) in [7, 11) is 1.98. The highest BCUT2D eigenvalue weighted by molar-refractivity contribution is 6.06. The Morgan fingerprint density at radius 1 is 1.20 bits per heavy atom. The highest BCUT2D eigenvalue weighted by Gasteiger charge is 2.08. The van der Waals surface area contributed by atoms with Gasteiger partial charge in [-0.2, -0.15) is 0 Å². The van der Waals surface area contributed by atoms with Crippen molar-refractivity contribution in [2.45, 2.75) is 0 Å². The minimum atomic E-state index is 0.543. The Balaban J connectivity index is 2.63. The van der Waals surface area contributed by atoms with Gasteiger partial charge in [-0.05, 0) is 18.2 Å². The summed E-state index contributed by atoms with van der Waals surface area (Å²) in [5.41, 5.74) is 7.70. The fourth-order valence-electron chi connectivity index (χ4n) is 1.93. The molecule has 0 spiro atoms. The van der Waals surface area contributed by atoms with Crippen LogP contribution >= 0.6 is 0 Å². The van der Waals surface area contributed by atoms with Crippen molar-refractivity contribution in [1.29, 1.82) is 0 Å². The zero-order chi connectivity index (χ0) is 10.4. The number of hydrogen-bond donors (Lipinski definition) is 1. The second-order valence-corrected chi connectivity index (χ2v) is 3.56. The minimum Gasteiger partial charge on any atom is -0.384 e. The van der Waals surface area contributed by atoms with Gasteiger partial charge in [0.15, 0.2) is 0 Å². The Bertz CT molecular complexity index is 654. The first-order valence-corrected chi connectivity index (χ1v) is 4.72. The Morgan fingerprint density at radius 2 is 2.07 bits per heavy atom. The molecular formula is C11H10N4. The van der Waals surface area contributed by atoms with E-state index in [9.17, 15) is 0 Å². The lowest BCUT2D eigenvalue weighted by Crippen LogP contribution is -1.93. The molecule has 3 aromatic heterocycles. The second-order valence-electron chi connectivity index (χ2n) is 3.56. The van der Waals surface area contributed by atoms with E-state index in [1.54, 1.807) is 6.20 Å². The largest absolute Gasteiger partial charge is 0.384 e. The molecule has 0 fully saturated rings. The molecule has 0 radical (unpaired) electrons. The fourth-order valence-corrected chi connectivity index (χ4v) is 1.93. The van der Waals surface area contributed by atoms with Gasteiger partial charge in [-0.15, -0.1) is 0 Å². The number of anilines is 1. The molecule has 3 rings (SSSR count). The van der Waals surface area contributed by atoms with E-state index in [1.807, 2.05) is 36.0 Å². The number of nitrogens with zero attached hydrogens (tertiary/aromatic N) is 3. The molecule has 0 aliphatic rings. The molecule has 0 saturated heterocycles. The highest BCUT2D eigenvalue weighted by atomic mass is 15.0. The molecule has 2 N–H and O–H groups in total. The monoisotopic (exact) mass is 198 g/mol. The highest BCUT2D eigenvalue weighted by Crippen LogP contribution is 2.26. The van der Waals surface area contributed by atoms with Crippen LogP contribution in [0.2, 0.25) is 0 Å². The topological polar surface area (TPSA) is 56.7 Å². The molecule has 0 saturated carbocycles. The fraction of sp³-hybridized carbons (Fsp3) is 0.0909. The van der Waals surface area contributed by atoms with Crippen LogP contribution in [0.1, 0.15) is 0 Å². The van der Waals surface area contributed by atoms with Gasteiger partial charge in [-0.1, -0.05) is 0 Å².